The number of hydrogen-bond acceptors (Lipinski definition) is 5. The van der Waals surface area contributed by atoms with Gasteiger partial charge >= 0.3 is 12.2 Å². The molecule has 2 fully saturated rings. The molecule has 1 aromatic rings. The Hall–Kier alpha value is -2.70. The Bertz CT molecular complexity index is 860. The number of nitrogens with zero attached hydrogens (tertiary/aromatic N) is 2. The van der Waals surface area contributed by atoms with Gasteiger partial charge in [0.1, 0.15) is 12.2 Å². The van der Waals surface area contributed by atoms with Crippen molar-refractivity contribution in [2.75, 3.05) is 26.2 Å². The van der Waals surface area contributed by atoms with E-state index in [1.165, 1.54) is 0 Å². The first-order valence-electron chi connectivity index (χ1n) is 12.0. The van der Waals surface area contributed by atoms with Crippen LogP contribution < -0.4 is 0 Å². The fourth-order valence-electron chi connectivity index (χ4n) is 4.80. The fourth-order valence-corrected chi connectivity index (χ4v) is 4.80. The minimum absolute atomic E-state index is 0.203. The second-order valence-electron chi connectivity index (χ2n) is 10.6. The van der Waals surface area contributed by atoms with Gasteiger partial charge in [-0.05, 0) is 58.1 Å². The largest absolute Gasteiger partial charge is 0.495 e. The smallest absolute Gasteiger partial charge is 0.410 e. The molecular formula is C26H36N2O5. The molecule has 1 aromatic carbocycles. The fraction of sp³-hybridized carbons (Fsp3) is 0.615. The summed E-state index contributed by atoms with van der Waals surface area (Å²) in [5, 5.41) is 0. The van der Waals surface area contributed by atoms with Crippen LogP contribution in [0.3, 0.4) is 0 Å². The monoisotopic (exact) mass is 456 g/mol. The van der Waals surface area contributed by atoms with Gasteiger partial charge in [0.25, 0.3) is 0 Å². The maximum absolute atomic E-state index is 12.3. The maximum Gasteiger partial charge on any atom is 0.410 e. The van der Waals surface area contributed by atoms with Crippen LogP contribution in [0.1, 0.15) is 58.4 Å². The van der Waals surface area contributed by atoms with Crippen LogP contribution in [0.5, 0.6) is 0 Å². The van der Waals surface area contributed by atoms with Crippen molar-refractivity contribution in [3.05, 3.63) is 47.7 Å². The molecule has 33 heavy (non-hydrogen) atoms. The number of hydrogen-bond donors (Lipinski definition) is 0. The zero-order chi connectivity index (χ0) is 23.5. The number of likely N-dealkylation sites (tertiary alicyclic amines) is 1. The summed E-state index contributed by atoms with van der Waals surface area (Å²) in [5.41, 5.74) is 0.766. The number of ether oxygens (including phenoxy) is 3. The molecule has 1 saturated heterocycles. The topological polar surface area (TPSA) is 68.3 Å². The van der Waals surface area contributed by atoms with Crippen molar-refractivity contribution in [2.45, 2.75) is 71.2 Å². The van der Waals surface area contributed by atoms with Crippen molar-refractivity contribution >= 4 is 12.2 Å². The van der Waals surface area contributed by atoms with Crippen molar-refractivity contribution < 1.29 is 23.8 Å². The molecule has 1 spiro atoms. The Morgan fingerprint density at radius 2 is 1.73 bits per heavy atom. The van der Waals surface area contributed by atoms with E-state index >= 15 is 0 Å². The molecule has 7 heteroatoms. The minimum Gasteiger partial charge on any atom is -0.495 e. The summed E-state index contributed by atoms with van der Waals surface area (Å²) in [6.07, 6.45) is 6.60. The lowest BCUT2D eigenvalue weighted by atomic mass is 9.68. The van der Waals surface area contributed by atoms with Gasteiger partial charge in [0.05, 0.1) is 11.9 Å². The summed E-state index contributed by atoms with van der Waals surface area (Å²) >= 11 is 0. The van der Waals surface area contributed by atoms with E-state index in [4.69, 9.17) is 14.2 Å². The molecule has 2 amide bonds. The van der Waals surface area contributed by atoms with Crippen LogP contribution in [-0.2, 0) is 20.8 Å². The highest BCUT2D eigenvalue weighted by Crippen LogP contribution is 2.45. The molecule has 0 N–H and O–H groups in total. The molecule has 0 radical (unpaired) electrons. The van der Waals surface area contributed by atoms with Crippen LogP contribution in [0.2, 0.25) is 0 Å². The van der Waals surface area contributed by atoms with E-state index in [0.717, 1.165) is 50.1 Å². The molecule has 0 bridgehead atoms. The minimum atomic E-state index is -0.451. The Labute approximate surface area is 196 Å². The highest BCUT2D eigenvalue weighted by atomic mass is 16.6. The molecule has 180 valence electrons. The molecule has 7 nitrogen and oxygen atoms in total. The molecule has 2 aliphatic heterocycles. The van der Waals surface area contributed by atoms with Gasteiger partial charge in [-0.25, -0.2) is 9.59 Å². The summed E-state index contributed by atoms with van der Waals surface area (Å²) in [4.78, 5) is 28.1. The highest BCUT2D eigenvalue weighted by Gasteiger charge is 2.48. The van der Waals surface area contributed by atoms with Crippen LogP contribution in [0.15, 0.2) is 42.2 Å². The molecule has 0 aromatic heterocycles. The zero-order valence-corrected chi connectivity index (χ0v) is 20.0. The average molecular weight is 457 g/mol. The standard InChI is InChI=1S/C26H36N2O5/c1-25(2,3)33-24(30)28-18-26(19-28)13-9-21(10-14-26)32-22-11-15-27(16-12-22)23(29)31-17-20-7-5-4-6-8-20/h4-8,11,21H,9-10,12-19H2,1-3H3. The summed E-state index contributed by atoms with van der Waals surface area (Å²) in [5.74, 6) is 0.979. The highest BCUT2D eigenvalue weighted by molar-refractivity contribution is 5.69. The van der Waals surface area contributed by atoms with Crippen molar-refractivity contribution in [1.82, 2.24) is 9.80 Å². The third-order valence-electron chi connectivity index (χ3n) is 6.65. The van der Waals surface area contributed by atoms with E-state index in [0.29, 0.717) is 26.1 Å². The predicted molar refractivity (Wildman–Crippen MR) is 124 cm³/mol. The van der Waals surface area contributed by atoms with E-state index in [1.54, 1.807) is 4.90 Å². The SMILES string of the molecule is CC(C)(C)OC(=O)N1CC2(CCC(OC3=CCN(C(=O)OCc4ccccc4)CC3)CC2)C1. The second kappa shape index (κ2) is 9.65. The third kappa shape index (κ3) is 6.21. The average Bonchev–Trinajstić information content (AvgIpc) is 2.76. The van der Waals surface area contributed by atoms with E-state index in [9.17, 15) is 9.59 Å². The Kier molecular flexibility index (Phi) is 6.86. The normalized spacial score (nSPS) is 20.6. The predicted octanol–water partition coefficient (Wildman–Crippen LogP) is 5.11. The summed E-state index contributed by atoms with van der Waals surface area (Å²) < 4.78 is 17.2. The molecule has 1 saturated carbocycles. The van der Waals surface area contributed by atoms with Gasteiger partial charge in [0.15, 0.2) is 0 Å². The van der Waals surface area contributed by atoms with Crippen LogP contribution in [0.25, 0.3) is 0 Å². The first-order chi connectivity index (χ1) is 15.7. The number of amides is 2. The summed E-state index contributed by atoms with van der Waals surface area (Å²) in [6, 6.07) is 9.71. The quantitative estimate of drug-likeness (QED) is 0.630. The first kappa shape index (κ1) is 23.5. The zero-order valence-electron chi connectivity index (χ0n) is 20.0. The van der Waals surface area contributed by atoms with E-state index in [2.05, 4.69) is 0 Å². The van der Waals surface area contributed by atoms with E-state index < -0.39 is 5.60 Å². The van der Waals surface area contributed by atoms with Crippen LogP contribution in [0, 0.1) is 5.41 Å². The molecule has 0 unspecified atom stereocenters. The van der Waals surface area contributed by atoms with Crippen LogP contribution in [-0.4, -0.2) is 59.9 Å². The summed E-state index contributed by atoms with van der Waals surface area (Å²) in [6.45, 7) is 8.69. The summed E-state index contributed by atoms with van der Waals surface area (Å²) in [7, 11) is 0. The molecule has 0 atom stereocenters. The van der Waals surface area contributed by atoms with Gasteiger partial charge in [0, 0.05) is 38.0 Å². The first-order valence-corrected chi connectivity index (χ1v) is 12.0. The van der Waals surface area contributed by atoms with Crippen LogP contribution >= 0.6 is 0 Å². The molecule has 2 heterocycles. The van der Waals surface area contributed by atoms with Gasteiger partial charge in [-0.2, -0.15) is 0 Å². The second-order valence-corrected chi connectivity index (χ2v) is 10.6. The third-order valence-corrected chi connectivity index (χ3v) is 6.65. The van der Waals surface area contributed by atoms with E-state index in [-0.39, 0.29) is 23.7 Å². The van der Waals surface area contributed by atoms with Gasteiger partial charge in [-0.1, -0.05) is 30.3 Å². The lowest BCUT2D eigenvalue weighted by Crippen LogP contribution is -2.60. The van der Waals surface area contributed by atoms with Crippen LogP contribution in [0.4, 0.5) is 9.59 Å². The Balaban J connectivity index is 1.16. The lowest BCUT2D eigenvalue weighted by Gasteiger charge is -2.53. The molecule has 3 aliphatic rings. The molecule has 1 aliphatic carbocycles. The van der Waals surface area contributed by atoms with Gasteiger partial charge < -0.3 is 24.0 Å². The van der Waals surface area contributed by atoms with E-state index in [1.807, 2.05) is 62.1 Å². The number of benzene rings is 1. The maximum atomic E-state index is 12.3. The van der Waals surface area contributed by atoms with Crippen molar-refractivity contribution in [2.24, 2.45) is 5.41 Å². The van der Waals surface area contributed by atoms with Crippen molar-refractivity contribution in [3.8, 4) is 0 Å². The van der Waals surface area contributed by atoms with Gasteiger partial charge in [0.2, 0.25) is 0 Å². The van der Waals surface area contributed by atoms with Gasteiger partial charge in [-0.3, -0.25) is 0 Å². The van der Waals surface area contributed by atoms with Crippen molar-refractivity contribution in [3.63, 3.8) is 0 Å². The number of carbonyl (C=O) groups is 2. The Morgan fingerprint density at radius 3 is 2.33 bits per heavy atom. The lowest BCUT2D eigenvalue weighted by molar-refractivity contribution is -0.0682. The number of carbonyl (C=O) groups excluding carboxylic acids is 2. The molecule has 4 rings (SSSR count). The van der Waals surface area contributed by atoms with Crippen molar-refractivity contribution in [1.29, 1.82) is 0 Å². The Morgan fingerprint density at radius 1 is 1.03 bits per heavy atom. The van der Waals surface area contributed by atoms with Gasteiger partial charge in [-0.15, -0.1) is 0 Å². The number of rotatable bonds is 4. The molecular weight excluding hydrogens is 420 g/mol.